The van der Waals surface area contributed by atoms with Crippen LogP contribution < -0.4 is 5.32 Å². The van der Waals surface area contributed by atoms with Gasteiger partial charge in [0.2, 0.25) is 5.82 Å². The van der Waals surface area contributed by atoms with Crippen molar-refractivity contribution in [3.05, 3.63) is 42.1 Å². The quantitative estimate of drug-likeness (QED) is 0.774. The molecule has 7 nitrogen and oxygen atoms in total. The lowest BCUT2D eigenvalue weighted by Gasteiger charge is -2.09. The smallest absolute Gasteiger partial charge is 0.352 e. The van der Waals surface area contributed by atoms with Crippen molar-refractivity contribution in [1.29, 1.82) is 0 Å². The molecule has 0 saturated carbocycles. The number of hydrogen-bond acceptors (Lipinski definition) is 5. The highest BCUT2D eigenvalue weighted by atomic mass is 19.4. The molecule has 3 heterocycles. The first-order valence-electron chi connectivity index (χ1n) is 6.37. The van der Waals surface area contributed by atoms with E-state index >= 15 is 0 Å². The molecule has 0 aromatic carbocycles. The molecule has 1 N–H and O–H groups in total. The predicted molar refractivity (Wildman–Crippen MR) is 72.4 cm³/mol. The third-order valence-corrected chi connectivity index (χ3v) is 2.99. The van der Waals surface area contributed by atoms with Crippen LogP contribution in [0.5, 0.6) is 0 Å². The van der Waals surface area contributed by atoms with Gasteiger partial charge in [0.05, 0.1) is 5.69 Å². The van der Waals surface area contributed by atoms with Gasteiger partial charge in [-0.1, -0.05) is 0 Å². The van der Waals surface area contributed by atoms with E-state index in [0.717, 1.165) is 6.07 Å². The van der Waals surface area contributed by atoms with Gasteiger partial charge < -0.3 is 5.32 Å². The van der Waals surface area contributed by atoms with Crippen LogP contribution in [-0.2, 0) is 6.18 Å². The summed E-state index contributed by atoms with van der Waals surface area (Å²) < 4.78 is 40.3. The van der Waals surface area contributed by atoms with E-state index in [4.69, 9.17) is 0 Å². The molecule has 1 amide bonds. The van der Waals surface area contributed by atoms with Gasteiger partial charge in [-0.2, -0.15) is 22.7 Å². The summed E-state index contributed by atoms with van der Waals surface area (Å²) in [4.78, 5) is 23.2. The van der Waals surface area contributed by atoms with Gasteiger partial charge in [-0.25, -0.2) is 4.98 Å². The van der Waals surface area contributed by atoms with Gasteiger partial charge >= 0.3 is 6.18 Å². The van der Waals surface area contributed by atoms with Crippen LogP contribution in [0.25, 0.3) is 17.0 Å². The Hall–Kier alpha value is -3.04. The molecule has 0 saturated heterocycles. The molecule has 3 rings (SSSR count). The van der Waals surface area contributed by atoms with Crippen LogP contribution >= 0.6 is 0 Å². The zero-order valence-electron chi connectivity index (χ0n) is 11.7. The second-order valence-corrected chi connectivity index (χ2v) is 4.49. The van der Waals surface area contributed by atoms with Gasteiger partial charge in [-0.15, -0.1) is 5.10 Å². The minimum absolute atomic E-state index is 0.0359. The zero-order valence-corrected chi connectivity index (χ0v) is 11.7. The predicted octanol–water partition coefficient (Wildman–Crippen LogP) is 1.56. The third-order valence-electron chi connectivity index (χ3n) is 2.99. The molecule has 0 aliphatic rings. The van der Waals surface area contributed by atoms with Gasteiger partial charge in [-0.3, -0.25) is 9.78 Å². The van der Waals surface area contributed by atoms with E-state index in [9.17, 15) is 18.0 Å². The van der Waals surface area contributed by atoms with E-state index in [1.165, 1.54) is 19.4 Å². The number of amides is 1. The Labute approximate surface area is 127 Å². The van der Waals surface area contributed by atoms with Crippen LogP contribution in [0.2, 0.25) is 0 Å². The monoisotopic (exact) mass is 322 g/mol. The van der Waals surface area contributed by atoms with E-state index in [2.05, 4.69) is 25.4 Å². The van der Waals surface area contributed by atoms with Crippen molar-refractivity contribution in [3.8, 4) is 11.3 Å². The summed E-state index contributed by atoms with van der Waals surface area (Å²) in [6.07, 6.45) is -1.81. The number of pyridine rings is 1. The largest absolute Gasteiger partial charge is 0.433 e. The Morgan fingerprint density at radius 2 is 2.09 bits per heavy atom. The van der Waals surface area contributed by atoms with Crippen molar-refractivity contribution in [1.82, 2.24) is 29.9 Å². The van der Waals surface area contributed by atoms with Gasteiger partial charge in [0.15, 0.2) is 5.69 Å². The van der Waals surface area contributed by atoms with Gasteiger partial charge in [0.1, 0.15) is 0 Å². The van der Waals surface area contributed by atoms with E-state index in [1.54, 1.807) is 12.1 Å². The average Bonchev–Trinajstić information content (AvgIpc) is 2.96. The Kier molecular flexibility index (Phi) is 3.43. The molecule has 118 valence electrons. The molecule has 0 fully saturated rings. The number of carbonyl (C=O) groups excluding carboxylic acids is 1. The topological polar surface area (TPSA) is 85.1 Å². The molecule has 0 bridgehead atoms. The number of alkyl halides is 3. The molecule has 23 heavy (non-hydrogen) atoms. The molecule has 0 aliphatic heterocycles. The van der Waals surface area contributed by atoms with Gasteiger partial charge in [0, 0.05) is 25.0 Å². The van der Waals surface area contributed by atoms with Crippen LogP contribution in [0.15, 0.2) is 30.6 Å². The zero-order chi connectivity index (χ0) is 16.6. The van der Waals surface area contributed by atoms with E-state index in [0.29, 0.717) is 10.1 Å². The Bertz CT molecular complexity index is 875. The first-order valence-corrected chi connectivity index (χ1v) is 6.37. The lowest BCUT2D eigenvalue weighted by molar-refractivity contribution is -0.142. The first-order chi connectivity index (χ1) is 10.9. The second-order valence-electron chi connectivity index (χ2n) is 4.49. The number of halogens is 3. The summed E-state index contributed by atoms with van der Waals surface area (Å²) in [6, 6.07) is 3.99. The summed E-state index contributed by atoms with van der Waals surface area (Å²) in [7, 11) is 1.33. The Morgan fingerprint density at radius 3 is 2.70 bits per heavy atom. The summed E-state index contributed by atoms with van der Waals surface area (Å²) in [5, 5.41) is 5.83. The van der Waals surface area contributed by atoms with Gasteiger partial charge in [-0.05, 0) is 18.2 Å². The van der Waals surface area contributed by atoms with E-state index < -0.39 is 23.6 Å². The Morgan fingerprint density at radius 1 is 1.30 bits per heavy atom. The minimum atomic E-state index is -4.69. The molecule has 3 aromatic rings. The molecule has 0 spiro atoms. The maximum absolute atomic E-state index is 13.3. The number of nitrogens with zero attached hydrogens (tertiary/aromatic N) is 5. The van der Waals surface area contributed by atoms with Crippen LogP contribution in [0, 0.1) is 0 Å². The fraction of sp³-hybridized carbons (Fsp3) is 0.154. The van der Waals surface area contributed by atoms with Crippen LogP contribution in [-0.4, -0.2) is 37.5 Å². The Balaban J connectivity index is 2.27. The van der Waals surface area contributed by atoms with Crippen LogP contribution in [0.4, 0.5) is 13.2 Å². The number of aromatic nitrogens is 5. The minimum Gasteiger partial charge on any atom is -0.352 e. The van der Waals surface area contributed by atoms with Gasteiger partial charge in [0.25, 0.3) is 11.7 Å². The standard InChI is InChI=1S/C13H9F3N6O/c1-17-11(23)10-20-12-19-8(7-3-2-4-18-6-7)5-9(13(14,15)16)22(12)21-10/h2-6H,1H3,(H,17,23). The third kappa shape index (κ3) is 2.70. The molecule has 0 radical (unpaired) electrons. The maximum Gasteiger partial charge on any atom is 0.433 e. The molecule has 10 heteroatoms. The van der Waals surface area contributed by atoms with Crippen molar-refractivity contribution in [2.45, 2.75) is 6.18 Å². The molecule has 0 unspecified atom stereocenters. The van der Waals surface area contributed by atoms with Crippen molar-refractivity contribution in [2.75, 3.05) is 7.05 Å². The molecular weight excluding hydrogens is 313 g/mol. The molecule has 3 aromatic heterocycles. The van der Waals surface area contributed by atoms with Crippen molar-refractivity contribution < 1.29 is 18.0 Å². The molecular formula is C13H9F3N6O. The maximum atomic E-state index is 13.3. The normalized spacial score (nSPS) is 11.7. The second kappa shape index (κ2) is 5.30. The highest BCUT2D eigenvalue weighted by molar-refractivity contribution is 5.90. The summed E-state index contributed by atoms with van der Waals surface area (Å²) in [6.45, 7) is 0. The summed E-state index contributed by atoms with van der Waals surface area (Å²) in [5.41, 5.74) is -0.650. The number of carbonyl (C=O) groups is 1. The van der Waals surface area contributed by atoms with Crippen molar-refractivity contribution >= 4 is 11.7 Å². The average molecular weight is 322 g/mol. The molecule has 0 atom stereocenters. The van der Waals surface area contributed by atoms with E-state index in [1.807, 2.05) is 0 Å². The number of rotatable bonds is 2. The lowest BCUT2D eigenvalue weighted by atomic mass is 10.2. The first kappa shape index (κ1) is 14.9. The van der Waals surface area contributed by atoms with Crippen LogP contribution in [0.3, 0.4) is 0 Å². The van der Waals surface area contributed by atoms with E-state index in [-0.39, 0.29) is 11.5 Å². The number of nitrogens with one attached hydrogen (secondary N) is 1. The fourth-order valence-electron chi connectivity index (χ4n) is 1.94. The fourth-order valence-corrected chi connectivity index (χ4v) is 1.94. The highest BCUT2D eigenvalue weighted by Crippen LogP contribution is 2.31. The number of hydrogen-bond donors (Lipinski definition) is 1. The summed E-state index contributed by atoms with van der Waals surface area (Å²) in [5.74, 6) is -1.42. The highest BCUT2D eigenvalue weighted by Gasteiger charge is 2.36. The van der Waals surface area contributed by atoms with Crippen molar-refractivity contribution in [2.24, 2.45) is 0 Å². The number of fused-ring (bicyclic) bond motifs is 1. The molecule has 0 aliphatic carbocycles. The SMILES string of the molecule is CNC(=O)c1nc2nc(-c3cccnc3)cc(C(F)(F)F)n2n1. The van der Waals surface area contributed by atoms with Crippen LogP contribution in [0.1, 0.15) is 16.3 Å². The lowest BCUT2D eigenvalue weighted by Crippen LogP contribution is -2.19. The summed E-state index contributed by atoms with van der Waals surface area (Å²) >= 11 is 0. The van der Waals surface area contributed by atoms with Crippen molar-refractivity contribution in [3.63, 3.8) is 0 Å².